The number of hydrogen-bond acceptors (Lipinski definition) is 3. The van der Waals surface area contributed by atoms with E-state index in [1.165, 1.54) is 0 Å². The molecule has 0 unspecified atom stereocenters. The van der Waals surface area contributed by atoms with Crippen LogP contribution in [0.15, 0.2) is 60.0 Å². The zero-order chi connectivity index (χ0) is 14.7. The van der Waals surface area contributed by atoms with Gasteiger partial charge in [-0.1, -0.05) is 30.3 Å². The highest BCUT2D eigenvalue weighted by molar-refractivity contribution is 5.82. The van der Waals surface area contributed by atoms with E-state index >= 15 is 0 Å². The van der Waals surface area contributed by atoms with Gasteiger partial charge in [0.1, 0.15) is 5.65 Å². The van der Waals surface area contributed by atoms with Gasteiger partial charge < -0.3 is 10.1 Å². The monoisotopic (exact) mass is 278 g/mol. The van der Waals surface area contributed by atoms with Gasteiger partial charge in [-0.2, -0.15) is 5.10 Å². The summed E-state index contributed by atoms with van der Waals surface area (Å²) in [5.74, 6) is -0.187. The van der Waals surface area contributed by atoms with E-state index < -0.39 is 0 Å². The summed E-state index contributed by atoms with van der Waals surface area (Å²) in [5.41, 5.74) is 11.3. The zero-order valence-corrected chi connectivity index (χ0v) is 11.2. The van der Waals surface area contributed by atoms with Crippen molar-refractivity contribution in [3.63, 3.8) is 0 Å². The van der Waals surface area contributed by atoms with Crippen molar-refractivity contribution in [3.05, 3.63) is 60.4 Å². The van der Waals surface area contributed by atoms with E-state index in [4.69, 9.17) is 11.1 Å². The molecule has 0 aliphatic carbocycles. The van der Waals surface area contributed by atoms with Crippen LogP contribution in [0.25, 0.3) is 16.9 Å². The van der Waals surface area contributed by atoms with Gasteiger partial charge in [-0.25, -0.2) is 10.4 Å². The van der Waals surface area contributed by atoms with Crippen LogP contribution in [0.3, 0.4) is 0 Å². The van der Waals surface area contributed by atoms with E-state index in [1.54, 1.807) is 6.21 Å². The second-order valence-electron chi connectivity index (χ2n) is 4.50. The number of nitrogens with two attached hydrogens (primary N) is 1. The summed E-state index contributed by atoms with van der Waals surface area (Å²) in [5, 5.41) is 10.8. The van der Waals surface area contributed by atoms with E-state index in [1.807, 2.05) is 59.3 Å². The van der Waals surface area contributed by atoms with Crippen molar-refractivity contribution in [2.24, 2.45) is 10.8 Å². The van der Waals surface area contributed by atoms with Crippen molar-refractivity contribution in [2.45, 2.75) is 0 Å². The lowest BCUT2D eigenvalue weighted by molar-refractivity contribution is 1.00. The molecular formula is C15H14N6. The van der Waals surface area contributed by atoms with Crippen LogP contribution in [-0.4, -0.2) is 21.6 Å². The average molecular weight is 278 g/mol. The summed E-state index contributed by atoms with van der Waals surface area (Å²) in [6.45, 7) is 0. The standard InChI is InChI=1S/C15H14N6/c16-15(17)20-18-9-11-4-6-12(7-5-11)13-10-21-8-2-1-3-14(21)19-13/h1-10H,(H4,16,17,20). The lowest BCUT2D eigenvalue weighted by Crippen LogP contribution is -2.25. The normalized spacial score (nSPS) is 11.0. The molecule has 0 fully saturated rings. The molecule has 0 amide bonds. The zero-order valence-electron chi connectivity index (χ0n) is 11.2. The SMILES string of the molecule is N=C(N)NN=Cc1ccc(-c2cn3ccccc3n2)cc1. The van der Waals surface area contributed by atoms with Gasteiger partial charge in [0, 0.05) is 18.0 Å². The first-order valence-electron chi connectivity index (χ1n) is 6.40. The predicted octanol–water partition coefficient (Wildman–Crippen LogP) is 1.82. The van der Waals surface area contributed by atoms with Crippen LogP contribution < -0.4 is 11.2 Å². The molecule has 6 nitrogen and oxygen atoms in total. The van der Waals surface area contributed by atoms with Crippen molar-refractivity contribution >= 4 is 17.8 Å². The van der Waals surface area contributed by atoms with Crippen molar-refractivity contribution in [2.75, 3.05) is 0 Å². The van der Waals surface area contributed by atoms with Gasteiger partial charge in [-0.3, -0.25) is 5.41 Å². The van der Waals surface area contributed by atoms with Gasteiger partial charge in [0.25, 0.3) is 0 Å². The number of hydrazone groups is 1. The molecule has 21 heavy (non-hydrogen) atoms. The molecular weight excluding hydrogens is 264 g/mol. The molecule has 3 rings (SSSR count). The van der Waals surface area contributed by atoms with Crippen LogP contribution in [-0.2, 0) is 0 Å². The predicted molar refractivity (Wildman–Crippen MR) is 83.3 cm³/mol. The summed E-state index contributed by atoms with van der Waals surface area (Å²) in [7, 11) is 0. The molecule has 2 aromatic heterocycles. The molecule has 3 aromatic rings. The van der Waals surface area contributed by atoms with Crippen LogP contribution in [0, 0.1) is 5.41 Å². The summed E-state index contributed by atoms with van der Waals surface area (Å²) in [4.78, 5) is 4.57. The highest BCUT2D eigenvalue weighted by atomic mass is 15.3. The van der Waals surface area contributed by atoms with Gasteiger partial charge in [-0.15, -0.1) is 0 Å². The Hall–Kier alpha value is -3.15. The smallest absolute Gasteiger partial charge is 0.206 e. The number of imidazole rings is 1. The second kappa shape index (κ2) is 5.46. The van der Waals surface area contributed by atoms with Crippen LogP contribution in [0.5, 0.6) is 0 Å². The molecule has 0 atom stereocenters. The molecule has 0 aliphatic rings. The number of aromatic nitrogens is 2. The van der Waals surface area contributed by atoms with Crippen molar-refractivity contribution in [3.8, 4) is 11.3 Å². The number of guanidine groups is 1. The Labute approximate surface area is 121 Å². The van der Waals surface area contributed by atoms with Crippen molar-refractivity contribution in [1.82, 2.24) is 14.8 Å². The number of fused-ring (bicyclic) bond motifs is 1. The van der Waals surface area contributed by atoms with Crippen LogP contribution in [0.4, 0.5) is 0 Å². The highest BCUT2D eigenvalue weighted by Crippen LogP contribution is 2.19. The Balaban J connectivity index is 1.83. The second-order valence-corrected chi connectivity index (χ2v) is 4.50. The minimum Gasteiger partial charge on any atom is -0.369 e. The summed E-state index contributed by atoms with van der Waals surface area (Å²) in [6, 6.07) is 13.7. The van der Waals surface area contributed by atoms with Crippen molar-refractivity contribution < 1.29 is 0 Å². The number of pyridine rings is 1. The lowest BCUT2D eigenvalue weighted by atomic mass is 10.1. The van der Waals surface area contributed by atoms with E-state index in [-0.39, 0.29) is 5.96 Å². The van der Waals surface area contributed by atoms with Gasteiger partial charge in [0.05, 0.1) is 11.9 Å². The lowest BCUT2D eigenvalue weighted by Gasteiger charge is -1.98. The molecule has 0 saturated heterocycles. The Morgan fingerprint density at radius 2 is 2.05 bits per heavy atom. The summed E-state index contributed by atoms with van der Waals surface area (Å²) < 4.78 is 1.99. The first-order valence-corrected chi connectivity index (χ1v) is 6.40. The third-order valence-corrected chi connectivity index (χ3v) is 2.97. The Morgan fingerprint density at radius 1 is 1.24 bits per heavy atom. The number of nitrogens with zero attached hydrogens (tertiary/aromatic N) is 3. The molecule has 6 heteroatoms. The minimum atomic E-state index is -0.187. The molecule has 0 radical (unpaired) electrons. The van der Waals surface area contributed by atoms with Gasteiger partial charge in [0.2, 0.25) is 5.96 Å². The molecule has 104 valence electrons. The van der Waals surface area contributed by atoms with Gasteiger partial charge in [0.15, 0.2) is 0 Å². The van der Waals surface area contributed by atoms with Crippen LogP contribution in [0.1, 0.15) is 5.56 Å². The van der Waals surface area contributed by atoms with Gasteiger partial charge >= 0.3 is 0 Å². The number of hydrogen-bond donors (Lipinski definition) is 3. The average Bonchev–Trinajstić information content (AvgIpc) is 2.91. The maximum Gasteiger partial charge on any atom is 0.206 e. The van der Waals surface area contributed by atoms with E-state index in [0.29, 0.717) is 0 Å². The maximum absolute atomic E-state index is 7.00. The van der Waals surface area contributed by atoms with Gasteiger partial charge in [-0.05, 0) is 17.7 Å². The fourth-order valence-corrected chi connectivity index (χ4v) is 1.99. The van der Waals surface area contributed by atoms with E-state index in [9.17, 15) is 0 Å². The molecule has 0 aliphatic heterocycles. The van der Waals surface area contributed by atoms with Crippen molar-refractivity contribution in [1.29, 1.82) is 5.41 Å². The third kappa shape index (κ3) is 2.89. The summed E-state index contributed by atoms with van der Waals surface area (Å²) in [6.07, 6.45) is 5.57. The molecule has 0 saturated carbocycles. The Bertz CT molecular complexity index is 767. The highest BCUT2D eigenvalue weighted by Gasteiger charge is 2.03. The number of benzene rings is 1. The van der Waals surface area contributed by atoms with Crippen LogP contribution in [0.2, 0.25) is 0 Å². The quantitative estimate of drug-likeness (QED) is 0.387. The van der Waals surface area contributed by atoms with Crippen LogP contribution >= 0.6 is 0 Å². The van der Waals surface area contributed by atoms with E-state index in [2.05, 4.69) is 15.5 Å². The molecule has 0 bridgehead atoms. The number of rotatable bonds is 3. The Kier molecular flexibility index (Phi) is 3.34. The molecule has 1 aromatic carbocycles. The number of nitrogens with one attached hydrogen (secondary N) is 2. The topological polar surface area (TPSA) is 91.6 Å². The third-order valence-electron chi connectivity index (χ3n) is 2.97. The fraction of sp³-hybridized carbons (Fsp3) is 0. The largest absolute Gasteiger partial charge is 0.369 e. The summed E-state index contributed by atoms with van der Waals surface area (Å²) >= 11 is 0. The first-order chi connectivity index (χ1) is 10.2. The molecule has 4 N–H and O–H groups in total. The minimum absolute atomic E-state index is 0.187. The maximum atomic E-state index is 7.00. The molecule has 0 spiro atoms. The fourth-order valence-electron chi connectivity index (χ4n) is 1.99. The van der Waals surface area contributed by atoms with E-state index in [0.717, 1.165) is 22.5 Å². The molecule has 2 heterocycles. The first kappa shape index (κ1) is 12.9. The Morgan fingerprint density at radius 3 is 2.76 bits per heavy atom.